The summed E-state index contributed by atoms with van der Waals surface area (Å²) in [6.07, 6.45) is 7.05. The summed E-state index contributed by atoms with van der Waals surface area (Å²) in [5.74, 6) is 0. The van der Waals surface area contributed by atoms with E-state index in [1.807, 2.05) is 0 Å². The predicted molar refractivity (Wildman–Crippen MR) is 45.2 cm³/mol. The third-order valence-electron chi connectivity index (χ3n) is 2.56. The largest absolute Gasteiger partial charge is 0.303 e. The van der Waals surface area contributed by atoms with E-state index in [2.05, 4.69) is 18.9 Å². The third-order valence-corrected chi connectivity index (χ3v) is 2.56. The molecule has 0 saturated carbocycles. The second-order valence-electron chi connectivity index (χ2n) is 3.42. The van der Waals surface area contributed by atoms with Crippen molar-refractivity contribution in [2.75, 3.05) is 13.6 Å². The van der Waals surface area contributed by atoms with Gasteiger partial charge in [0.05, 0.1) is 0 Å². The van der Waals surface area contributed by atoms with Gasteiger partial charge in [0.15, 0.2) is 0 Å². The first-order valence-electron chi connectivity index (χ1n) is 4.55. The molecule has 1 aliphatic heterocycles. The molecule has 0 unspecified atom stereocenters. The van der Waals surface area contributed by atoms with E-state index in [1.165, 1.54) is 38.6 Å². The lowest BCUT2D eigenvalue weighted by atomic mass is 10.1. The second-order valence-corrected chi connectivity index (χ2v) is 3.42. The van der Waals surface area contributed by atoms with Gasteiger partial charge in [-0.3, -0.25) is 0 Å². The van der Waals surface area contributed by atoms with Crippen molar-refractivity contribution in [3.8, 4) is 0 Å². The first kappa shape index (κ1) is 8.06. The zero-order chi connectivity index (χ0) is 7.40. The van der Waals surface area contributed by atoms with Crippen molar-refractivity contribution in [3.63, 3.8) is 0 Å². The van der Waals surface area contributed by atoms with Gasteiger partial charge in [0.25, 0.3) is 0 Å². The zero-order valence-corrected chi connectivity index (χ0v) is 7.27. The Morgan fingerprint density at radius 3 is 2.80 bits per heavy atom. The Morgan fingerprint density at radius 1 is 1.50 bits per heavy atom. The van der Waals surface area contributed by atoms with Crippen LogP contribution in [-0.4, -0.2) is 24.5 Å². The number of hydrogen-bond donors (Lipinski definition) is 0. The summed E-state index contributed by atoms with van der Waals surface area (Å²) in [4.78, 5) is 2.51. The van der Waals surface area contributed by atoms with E-state index < -0.39 is 0 Å². The quantitative estimate of drug-likeness (QED) is 0.583. The van der Waals surface area contributed by atoms with Crippen molar-refractivity contribution >= 4 is 0 Å². The predicted octanol–water partition coefficient (Wildman–Crippen LogP) is 2.27. The highest BCUT2D eigenvalue weighted by atomic mass is 15.1. The molecule has 0 aromatic rings. The summed E-state index contributed by atoms with van der Waals surface area (Å²) in [6.45, 7) is 3.60. The van der Waals surface area contributed by atoms with Gasteiger partial charge >= 0.3 is 0 Å². The Bertz CT molecular complexity index is 90.7. The van der Waals surface area contributed by atoms with Gasteiger partial charge in [0.2, 0.25) is 0 Å². The Hall–Kier alpha value is -0.0400. The molecule has 1 nitrogen and oxygen atoms in total. The fraction of sp³-hybridized carbons (Fsp3) is 1.00. The van der Waals surface area contributed by atoms with Gasteiger partial charge in [0, 0.05) is 6.04 Å². The minimum atomic E-state index is 0.917. The molecule has 10 heavy (non-hydrogen) atoms. The molecular weight excluding hydrogens is 122 g/mol. The van der Waals surface area contributed by atoms with E-state index in [0.717, 1.165) is 6.04 Å². The molecular formula is C9H19N. The van der Waals surface area contributed by atoms with Crippen molar-refractivity contribution in [2.45, 2.75) is 45.1 Å². The number of unbranched alkanes of at least 4 members (excludes halogenated alkanes) is 1. The standard InChI is InChI=1S/C9H19N/c1-3-4-6-9-7-5-8-10(9)2/h9H,3-8H2,1-2H3/t9-/m1/s1. The van der Waals surface area contributed by atoms with E-state index in [4.69, 9.17) is 0 Å². The molecule has 0 spiro atoms. The second kappa shape index (κ2) is 3.97. The summed E-state index contributed by atoms with van der Waals surface area (Å²) in [5.41, 5.74) is 0. The highest BCUT2D eigenvalue weighted by molar-refractivity contribution is 4.75. The topological polar surface area (TPSA) is 3.24 Å². The lowest BCUT2D eigenvalue weighted by Crippen LogP contribution is -2.24. The summed E-state index contributed by atoms with van der Waals surface area (Å²) in [5, 5.41) is 0. The van der Waals surface area contributed by atoms with Crippen LogP contribution in [0.15, 0.2) is 0 Å². The van der Waals surface area contributed by atoms with E-state index >= 15 is 0 Å². The first-order chi connectivity index (χ1) is 4.84. The van der Waals surface area contributed by atoms with Crippen LogP contribution < -0.4 is 0 Å². The summed E-state index contributed by atoms with van der Waals surface area (Å²) >= 11 is 0. The molecule has 1 fully saturated rings. The van der Waals surface area contributed by atoms with E-state index in [0.29, 0.717) is 0 Å². The number of likely N-dealkylation sites (tertiary alicyclic amines) is 1. The van der Waals surface area contributed by atoms with Gasteiger partial charge in [-0.2, -0.15) is 0 Å². The minimum Gasteiger partial charge on any atom is -0.303 e. The molecule has 1 atom stereocenters. The van der Waals surface area contributed by atoms with Gasteiger partial charge in [-0.05, 0) is 32.9 Å². The lowest BCUT2D eigenvalue weighted by molar-refractivity contribution is 0.291. The van der Waals surface area contributed by atoms with Crippen LogP contribution in [0.5, 0.6) is 0 Å². The van der Waals surface area contributed by atoms with Crippen molar-refractivity contribution in [1.29, 1.82) is 0 Å². The van der Waals surface area contributed by atoms with Crippen LogP contribution in [0, 0.1) is 0 Å². The summed E-state index contributed by atoms with van der Waals surface area (Å²) in [6, 6.07) is 0.917. The molecule has 60 valence electrons. The Labute approximate surface area is 64.4 Å². The van der Waals surface area contributed by atoms with Gasteiger partial charge in [-0.1, -0.05) is 19.8 Å². The molecule has 0 amide bonds. The maximum absolute atomic E-state index is 2.51. The number of rotatable bonds is 3. The molecule has 0 aliphatic carbocycles. The van der Waals surface area contributed by atoms with Gasteiger partial charge < -0.3 is 4.90 Å². The van der Waals surface area contributed by atoms with Gasteiger partial charge in [-0.15, -0.1) is 0 Å². The Morgan fingerprint density at radius 2 is 2.30 bits per heavy atom. The fourth-order valence-electron chi connectivity index (χ4n) is 1.78. The molecule has 1 saturated heterocycles. The van der Waals surface area contributed by atoms with Gasteiger partial charge in [0.1, 0.15) is 0 Å². The van der Waals surface area contributed by atoms with E-state index in [9.17, 15) is 0 Å². The van der Waals surface area contributed by atoms with Gasteiger partial charge in [-0.25, -0.2) is 0 Å². The normalized spacial score (nSPS) is 27.6. The number of hydrogen-bond acceptors (Lipinski definition) is 1. The maximum atomic E-state index is 2.51. The van der Waals surface area contributed by atoms with Crippen LogP contribution in [0.1, 0.15) is 39.0 Å². The SMILES string of the molecule is CCCC[C@@H]1CCCN1C. The zero-order valence-electron chi connectivity index (χ0n) is 7.27. The first-order valence-corrected chi connectivity index (χ1v) is 4.55. The van der Waals surface area contributed by atoms with E-state index in [1.54, 1.807) is 0 Å². The number of nitrogens with zero attached hydrogens (tertiary/aromatic N) is 1. The Balaban J connectivity index is 2.14. The average molecular weight is 141 g/mol. The molecule has 1 heterocycles. The van der Waals surface area contributed by atoms with Crippen LogP contribution in [0.3, 0.4) is 0 Å². The third kappa shape index (κ3) is 1.98. The Kier molecular flexibility index (Phi) is 3.20. The molecule has 0 aromatic heterocycles. The highest BCUT2D eigenvalue weighted by Crippen LogP contribution is 2.19. The minimum absolute atomic E-state index is 0.917. The van der Waals surface area contributed by atoms with Crippen LogP contribution in [0.4, 0.5) is 0 Å². The molecule has 1 rings (SSSR count). The average Bonchev–Trinajstić information content (AvgIpc) is 2.31. The molecule has 0 aromatic carbocycles. The highest BCUT2D eigenvalue weighted by Gasteiger charge is 2.19. The van der Waals surface area contributed by atoms with Crippen molar-refractivity contribution in [2.24, 2.45) is 0 Å². The molecule has 0 N–H and O–H groups in total. The van der Waals surface area contributed by atoms with Crippen molar-refractivity contribution in [3.05, 3.63) is 0 Å². The maximum Gasteiger partial charge on any atom is 0.00926 e. The molecule has 0 bridgehead atoms. The van der Waals surface area contributed by atoms with Crippen LogP contribution in [-0.2, 0) is 0 Å². The molecule has 1 aliphatic rings. The summed E-state index contributed by atoms with van der Waals surface area (Å²) in [7, 11) is 2.26. The van der Waals surface area contributed by atoms with Crippen LogP contribution in [0.25, 0.3) is 0 Å². The van der Waals surface area contributed by atoms with Crippen LogP contribution >= 0.6 is 0 Å². The summed E-state index contributed by atoms with van der Waals surface area (Å²) < 4.78 is 0. The molecule has 0 radical (unpaired) electrons. The molecule has 1 heteroatoms. The lowest BCUT2D eigenvalue weighted by Gasteiger charge is -2.18. The van der Waals surface area contributed by atoms with Crippen molar-refractivity contribution in [1.82, 2.24) is 4.90 Å². The fourth-order valence-corrected chi connectivity index (χ4v) is 1.78. The van der Waals surface area contributed by atoms with Crippen molar-refractivity contribution < 1.29 is 0 Å². The van der Waals surface area contributed by atoms with E-state index in [-0.39, 0.29) is 0 Å². The smallest absolute Gasteiger partial charge is 0.00926 e. The monoisotopic (exact) mass is 141 g/mol. The van der Waals surface area contributed by atoms with Crippen LogP contribution in [0.2, 0.25) is 0 Å².